The van der Waals surface area contributed by atoms with Crippen LogP contribution in [0.3, 0.4) is 0 Å². The van der Waals surface area contributed by atoms with Gasteiger partial charge in [0.15, 0.2) is 0 Å². The Bertz CT molecular complexity index is 330. The highest BCUT2D eigenvalue weighted by molar-refractivity contribution is 5.93. The Morgan fingerprint density at radius 3 is 2.87 bits per heavy atom. The van der Waals surface area contributed by atoms with Gasteiger partial charge < -0.3 is 10.4 Å². The minimum Gasteiger partial charge on any atom is -0.390 e. The Balaban J connectivity index is 2.51. The third-order valence-corrected chi connectivity index (χ3v) is 1.66. The van der Waals surface area contributed by atoms with Crippen molar-refractivity contribution in [3.63, 3.8) is 0 Å². The SMILES string of the molecule is O=C(NCC(F)(F)CO)c1cccnc1. The number of carbonyl (C=O) groups excluding carboxylic acids is 1. The van der Waals surface area contributed by atoms with Gasteiger partial charge in [-0.05, 0) is 12.1 Å². The average molecular weight is 216 g/mol. The zero-order valence-electron chi connectivity index (χ0n) is 7.78. The molecule has 0 fully saturated rings. The van der Waals surface area contributed by atoms with Crippen LogP contribution in [0.4, 0.5) is 8.78 Å². The molecule has 0 saturated heterocycles. The number of carbonyl (C=O) groups is 1. The standard InChI is InChI=1S/C9H10F2N2O2/c10-9(11,6-14)5-13-8(15)7-2-1-3-12-4-7/h1-4,14H,5-6H2,(H,13,15). The first-order valence-corrected chi connectivity index (χ1v) is 4.22. The first kappa shape index (κ1) is 11.5. The van der Waals surface area contributed by atoms with E-state index in [1.54, 1.807) is 0 Å². The fraction of sp³-hybridized carbons (Fsp3) is 0.333. The summed E-state index contributed by atoms with van der Waals surface area (Å²) in [4.78, 5) is 14.9. The maximum Gasteiger partial charge on any atom is 0.287 e. The second kappa shape index (κ2) is 4.79. The van der Waals surface area contributed by atoms with Crippen LogP contribution < -0.4 is 5.32 Å². The zero-order chi connectivity index (χ0) is 11.3. The summed E-state index contributed by atoms with van der Waals surface area (Å²) in [5.74, 6) is -3.94. The molecule has 0 saturated carbocycles. The van der Waals surface area contributed by atoms with Crippen LogP contribution in [0.15, 0.2) is 24.5 Å². The molecule has 0 aliphatic heterocycles. The number of hydrogen-bond donors (Lipinski definition) is 2. The van der Waals surface area contributed by atoms with Crippen LogP contribution in [0, 0.1) is 0 Å². The molecular weight excluding hydrogens is 206 g/mol. The van der Waals surface area contributed by atoms with E-state index in [4.69, 9.17) is 5.11 Å². The first-order chi connectivity index (χ1) is 7.05. The molecule has 15 heavy (non-hydrogen) atoms. The molecule has 0 aliphatic rings. The number of aliphatic hydroxyl groups is 1. The Hall–Kier alpha value is -1.56. The van der Waals surface area contributed by atoms with E-state index in [2.05, 4.69) is 4.98 Å². The number of nitrogens with zero attached hydrogens (tertiary/aromatic N) is 1. The third kappa shape index (κ3) is 3.59. The maximum atomic E-state index is 12.5. The van der Waals surface area contributed by atoms with Crippen molar-refractivity contribution in [3.8, 4) is 0 Å². The van der Waals surface area contributed by atoms with Gasteiger partial charge in [-0.2, -0.15) is 0 Å². The van der Waals surface area contributed by atoms with Crippen LogP contribution in [-0.2, 0) is 0 Å². The van der Waals surface area contributed by atoms with Crippen molar-refractivity contribution in [3.05, 3.63) is 30.1 Å². The van der Waals surface area contributed by atoms with Gasteiger partial charge in [-0.3, -0.25) is 9.78 Å². The van der Waals surface area contributed by atoms with Crippen molar-refractivity contribution in [1.82, 2.24) is 10.3 Å². The van der Waals surface area contributed by atoms with Crippen molar-refractivity contribution in [1.29, 1.82) is 0 Å². The fourth-order valence-electron chi connectivity index (χ4n) is 0.865. The molecule has 1 aromatic heterocycles. The summed E-state index contributed by atoms with van der Waals surface area (Å²) < 4.78 is 25.1. The molecule has 1 heterocycles. The number of nitrogens with one attached hydrogen (secondary N) is 1. The van der Waals surface area contributed by atoms with Gasteiger partial charge in [0.05, 0.1) is 12.1 Å². The van der Waals surface area contributed by atoms with E-state index in [-0.39, 0.29) is 5.56 Å². The van der Waals surface area contributed by atoms with Crippen molar-refractivity contribution in [2.75, 3.05) is 13.2 Å². The highest BCUT2D eigenvalue weighted by Gasteiger charge is 2.28. The molecule has 0 unspecified atom stereocenters. The van der Waals surface area contributed by atoms with E-state index in [0.717, 1.165) is 0 Å². The molecule has 0 bridgehead atoms. The number of aromatic nitrogens is 1. The number of alkyl halides is 2. The quantitative estimate of drug-likeness (QED) is 0.767. The van der Waals surface area contributed by atoms with Gasteiger partial charge in [0.1, 0.15) is 6.61 Å². The molecule has 1 amide bonds. The predicted molar refractivity (Wildman–Crippen MR) is 48.6 cm³/mol. The van der Waals surface area contributed by atoms with Gasteiger partial charge in [-0.25, -0.2) is 8.78 Å². The van der Waals surface area contributed by atoms with Gasteiger partial charge >= 0.3 is 0 Å². The van der Waals surface area contributed by atoms with Crippen LogP contribution in [0.5, 0.6) is 0 Å². The highest BCUT2D eigenvalue weighted by Crippen LogP contribution is 2.10. The van der Waals surface area contributed by atoms with E-state index in [0.29, 0.717) is 0 Å². The monoisotopic (exact) mass is 216 g/mol. The molecular formula is C9H10F2N2O2. The lowest BCUT2D eigenvalue weighted by molar-refractivity contribution is -0.0462. The lowest BCUT2D eigenvalue weighted by Crippen LogP contribution is -2.38. The summed E-state index contributed by atoms with van der Waals surface area (Å²) in [5, 5.41) is 10.3. The first-order valence-electron chi connectivity index (χ1n) is 4.22. The van der Waals surface area contributed by atoms with E-state index >= 15 is 0 Å². The van der Waals surface area contributed by atoms with Gasteiger partial charge in [0.25, 0.3) is 11.8 Å². The molecule has 6 heteroatoms. The zero-order valence-corrected chi connectivity index (χ0v) is 7.78. The molecule has 0 aromatic carbocycles. The van der Waals surface area contributed by atoms with E-state index in [1.165, 1.54) is 24.5 Å². The van der Waals surface area contributed by atoms with Crippen molar-refractivity contribution >= 4 is 5.91 Å². The normalized spacial score (nSPS) is 11.1. The molecule has 1 rings (SSSR count). The maximum absolute atomic E-state index is 12.5. The Labute approximate surface area is 84.9 Å². The molecule has 1 aromatic rings. The molecule has 0 spiro atoms. The summed E-state index contributed by atoms with van der Waals surface area (Å²) in [5.41, 5.74) is 0.200. The van der Waals surface area contributed by atoms with Crippen LogP contribution in [0.25, 0.3) is 0 Å². The minimum absolute atomic E-state index is 0.200. The number of rotatable bonds is 4. The van der Waals surface area contributed by atoms with Crippen molar-refractivity contribution in [2.24, 2.45) is 0 Å². The highest BCUT2D eigenvalue weighted by atomic mass is 19.3. The minimum atomic E-state index is -3.29. The van der Waals surface area contributed by atoms with Crippen LogP contribution in [-0.4, -0.2) is 35.1 Å². The molecule has 82 valence electrons. The summed E-state index contributed by atoms with van der Waals surface area (Å²) in [6.45, 7) is -2.18. The lowest BCUT2D eigenvalue weighted by atomic mass is 10.2. The second-order valence-corrected chi connectivity index (χ2v) is 2.94. The Kier molecular flexibility index (Phi) is 3.68. The number of aliphatic hydroxyl groups excluding tert-OH is 1. The number of hydrogen-bond acceptors (Lipinski definition) is 3. The molecule has 2 N–H and O–H groups in total. The van der Waals surface area contributed by atoms with E-state index in [1.807, 2.05) is 5.32 Å². The van der Waals surface area contributed by atoms with Crippen molar-refractivity contribution in [2.45, 2.75) is 5.92 Å². The number of pyridine rings is 1. The van der Waals surface area contributed by atoms with Gasteiger partial charge in [0.2, 0.25) is 0 Å². The van der Waals surface area contributed by atoms with Crippen LogP contribution >= 0.6 is 0 Å². The topological polar surface area (TPSA) is 62.2 Å². The second-order valence-electron chi connectivity index (χ2n) is 2.94. The van der Waals surface area contributed by atoms with Crippen molar-refractivity contribution < 1.29 is 18.7 Å². The Morgan fingerprint density at radius 1 is 1.60 bits per heavy atom. The van der Waals surface area contributed by atoms with E-state index < -0.39 is 25.0 Å². The van der Waals surface area contributed by atoms with Gasteiger partial charge in [-0.15, -0.1) is 0 Å². The molecule has 4 nitrogen and oxygen atoms in total. The Morgan fingerprint density at radius 2 is 2.33 bits per heavy atom. The summed E-state index contributed by atoms with van der Waals surface area (Å²) in [6.07, 6.45) is 2.74. The van der Waals surface area contributed by atoms with Gasteiger partial charge in [-0.1, -0.05) is 0 Å². The summed E-state index contributed by atoms with van der Waals surface area (Å²) in [6, 6.07) is 2.98. The summed E-state index contributed by atoms with van der Waals surface area (Å²) >= 11 is 0. The van der Waals surface area contributed by atoms with Crippen LogP contribution in [0.2, 0.25) is 0 Å². The third-order valence-electron chi connectivity index (χ3n) is 1.66. The fourth-order valence-corrected chi connectivity index (χ4v) is 0.865. The lowest BCUT2D eigenvalue weighted by Gasteiger charge is -2.13. The molecule has 0 atom stereocenters. The number of halogens is 2. The average Bonchev–Trinajstić information content (AvgIpc) is 2.27. The number of amides is 1. The summed E-state index contributed by atoms with van der Waals surface area (Å²) in [7, 11) is 0. The molecule has 0 aliphatic carbocycles. The predicted octanol–water partition coefficient (Wildman–Crippen LogP) is 0.439. The van der Waals surface area contributed by atoms with Gasteiger partial charge in [0, 0.05) is 12.4 Å². The smallest absolute Gasteiger partial charge is 0.287 e. The van der Waals surface area contributed by atoms with E-state index in [9.17, 15) is 13.6 Å². The molecule has 0 radical (unpaired) electrons. The van der Waals surface area contributed by atoms with Crippen LogP contribution in [0.1, 0.15) is 10.4 Å². The largest absolute Gasteiger partial charge is 0.390 e.